The molecule has 0 radical (unpaired) electrons. The van der Waals surface area contributed by atoms with E-state index < -0.39 is 18.4 Å². The fourth-order valence-corrected chi connectivity index (χ4v) is 17.9. The zero-order valence-corrected chi connectivity index (χ0v) is 22.4. The molecule has 0 unspecified atom stereocenters. The maximum absolute atomic E-state index is 11.5. The Morgan fingerprint density at radius 1 is 0.964 bits per heavy atom. The maximum atomic E-state index is 11.5. The summed E-state index contributed by atoms with van der Waals surface area (Å²) in [6.45, 7) is 13.6. The minimum atomic E-state index is -2.18. The molecule has 0 saturated heterocycles. The Hall–Kier alpha value is -0.511. The predicted octanol–water partition coefficient (Wildman–Crippen LogP) is 8.02. The van der Waals surface area contributed by atoms with Gasteiger partial charge in [-0.25, -0.2) is 0 Å². The van der Waals surface area contributed by atoms with Crippen LogP contribution in [0.5, 0.6) is 0 Å². The minimum absolute atomic E-state index is 0.109. The Bertz CT molecular complexity index is 469. The topological polar surface area (TPSA) is 26.3 Å². The number of esters is 1. The van der Waals surface area contributed by atoms with Gasteiger partial charge in [-0.05, 0) is 0 Å². The molecule has 0 aromatic carbocycles. The van der Waals surface area contributed by atoms with Gasteiger partial charge in [0.2, 0.25) is 0 Å². The van der Waals surface area contributed by atoms with Crippen LogP contribution in [0.2, 0.25) is 13.3 Å². The molecule has 2 nitrogen and oxygen atoms in total. The molecule has 0 aliphatic heterocycles. The number of allylic oxidation sites excluding steroid dienone is 5. The van der Waals surface area contributed by atoms with E-state index in [-0.39, 0.29) is 11.9 Å². The SMILES string of the molecule is CCC[CH2][Sn](/[CH]=C/C(C)=C\C=C/[C@H](C)CC(=O)OCC)([CH2]CCC)[CH2]CCC. The number of rotatable bonds is 16. The van der Waals surface area contributed by atoms with Gasteiger partial charge >= 0.3 is 180 Å². The molecule has 3 heteroatoms. The van der Waals surface area contributed by atoms with E-state index in [1.54, 1.807) is 0 Å². The zero-order valence-electron chi connectivity index (χ0n) is 19.6. The van der Waals surface area contributed by atoms with E-state index in [9.17, 15) is 4.79 Å². The van der Waals surface area contributed by atoms with Gasteiger partial charge < -0.3 is 0 Å². The van der Waals surface area contributed by atoms with Gasteiger partial charge in [-0.2, -0.15) is 0 Å². The van der Waals surface area contributed by atoms with Gasteiger partial charge in [0.15, 0.2) is 0 Å². The molecule has 0 rings (SSSR count). The van der Waals surface area contributed by atoms with Gasteiger partial charge in [-0.3, -0.25) is 0 Å². The van der Waals surface area contributed by atoms with Crippen molar-refractivity contribution in [1.82, 2.24) is 0 Å². The molecule has 0 spiro atoms. The van der Waals surface area contributed by atoms with E-state index in [4.69, 9.17) is 4.74 Å². The van der Waals surface area contributed by atoms with Gasteiger partial charge in [-0.1, -0.05) is 0 Å². The van der Waals surface area contributed by atoms with Crippen molar-refractivity contribution in [1.29, 1.82) is 0 Å². The molecule has 0 aromatic heterocycles. The van der Waals surface area contributed by atoms with Gasteiger partial charge in [0.25, 0.3) is 0 Å². The summed E-state index contributed by atoms with van der Waals surface area (Å²) in [4.78, 5) is 11.5. The van der Waals surface area contributed by atoms with Crippen LogP contribution in [0, 0.1) is 5.92 Å². The predicted molar refractivity (Wildman–Crippen MR) is 127 cm³/mol. The molecule has 1 atom stereocenters. The van der Waals surface area contributed by atoms with Crippen LogP contribution in [0.4, 0.5) is 0 Å². The van der Waals surface area contributed by atoms with Crippen molar-refractivity contribution in [2.45, 2.75) is 99.8 Å². The summed E-state index contributed by atoms with van der Waals surface area (Å²) in [5, 5.41) is 0. The van der Waals surface area contributed by atoms with Crippen LogP contribution < -0.4 is 0 Å². The first kappa shape index (κ1) is 27.5. The Kier molecular flexibility index (Phi) is 17.0. The average Bonchev–Trinajstić information content (AvgIpc) is 2.67. The normalized spacial score (nSPS) is 14.1. The third-order valence-corrected chi connectivity index (χ3v) is 19.4. The van der Waals surface area contributed by atoms with Crippen molar-refractivity contribution < 1.29 is 9.53 Å². The Morgan fingerprint density at radius 2 is 1.50 bits per heavy atom. The molecule has 0 aliphatic carbocycles. The first-order chi connectivity index (χ1) is 13.4. The summed E-state index contributed by atoms with van der Waals surface area (Å²) in [5.74, 6) is 0.103. The number of hydrogen-bond acceptors (Lipinski definition) is 2. The van der Waals surface area contributed by atoms with Crippen molar-refractivity contribution in [3.63, 3.8) is 0 Å². The van der Waals surface area contributed by atoms with Gasteiger partial charge in [-0.15, -0.1) is 0 Å². The second-order valence-electron chi connectivity index (χ2n) is 8.29. The van der Waals surface area contributed by atoms with Crippen LogP contribution in [0.25, 0.3) is 0 Å². The van der Waals surface area contributed by atoms with Gasteiger partial charge in [0.1, 0.15) is 0 Å². The van der Waals surface area contributed by atoms with Crippen molar-refractivity contribution in [2.75, 3.05) is 6.61 Å². The Balaban J connectivity index is 5.03. The van der Waals surface area contributed by atoms with Crippen LogP contribution in [0.15, 0.2) is 34.0 Å². The summed E-state index contributed by atoms with van der Waals surface area (Å²) in [7, 11) is 0. The van der Waals surface area contributed by atoms with E-state index in [0.717, 1.165) is 0 Å². The molecule has 0 fully saturated rings. The van der Waals surface area contributed by atoms with E-state index >= 15 is 0 Å². The fraction of sp³-hybridized carbons (Fsp3) is 0.720. The second-order valence-corrected chi connectivity index (χ2v) is 21.3. The molecular weight excluding hydrogens is 451 g/mol. The average molecular weight is 497 g/mol. The van der Waals surface area contributed by atoms with E-state index in [0.29, 0.717) is 13.0 Å². The van der Waals surface area contributed by atoms with Crippen molar-refractivity contribution in [3.8, 4) is 0 Å². The molecule has 0 bridgehead atoms. The van der Waals surface area contributed by atoms with Crippen molar-refractivity contribution in [3.05, 3.63) is 34.0 Å². The third kappa shape index (κ3) is 13.6. The van der Waals surface area contributed by atoms with Crippen molar-refractivity contribution >= 4 is 24.3 Å². The van der Waals surface area contributed by atoms with E-state index in [1.165, 1.54) is 57.4 Å². The van der Waals surface area contributed by atoms with Gasteiger partial charge in [0.05, 0.1) is 0 Å². The van der Waals surface area contributed by atoms with Crippen LogP contribution in [-0.4, -0.2) is 31.0 Å². The molecule has 0 amide bonds. The van der Waals surface area contributed by atoms with Crippen LogP contribution >= 0.6 is 0 Å². The summed E-state index contributed by atoms with van der Waals surface area (Å²) >= 11 is -2.18. The molecular formula is C25H46O2Sn. The van der Waals surface area contributed by atoms with E-state index in [2.05, 4.69) is 63.0 Å². The third-order valence-electron chi connectivity index (χ3n) is 5.38. The molecule has 162 valence electrons. The monoisotopic (exact) mass is 498 g/mol. The Morgan fingerprint density at radius 3 is 1.96 bits per heavy atom. The first-order valence-corrected chi connectivity index (χ1v) is 19.3. The first-order valence-electron chi connectivity index (χ1n) is 11.6. The number of carbonyl (C=O) groups excluding carboxylic acids is 1. The molecule has 0 heterocycles. The van der Waals surface area contributed by atoms with Crippen molar-refractivity contribution in [2.24, 2.45) is 5.92 Å². The number of ether oxygens (including phenoxy) is 1. The van der Waals surface area contributed by atoms with E-state index in [1.807, 2.05) is 6.92 Å². The molecule has 0 saturated carbocycles. The van der Waals surface area contributed by atoms with Gasteiger partial charge in [0, 0.05) is 0 Å². The number of carbonyl (C=O) groups is 1. The number of hydrogen-bond donors (Lipinski definition) is 0. The number of unbranched alkanes of at least 4 members (excludes halogenated alkanes) is 3. The van der Waals surface area contributed by atoms with Crippen LogP contribution in [0.1, 0.15) is 86.5 Å². The second kappa shape index (κ2) is 17.4. The molecule has 0 N–H and O–H groups in total. The Labute approximate surface area is 179 Å². The quantitative estimate of drug-likeness (QED) is 0.123. The summed E-state index contributed by atoms with van der Waals surface area (Å²) < 4.78 is 12.3. The molecule has 0 aromatic rings. The summed E-state index contributed by atoms with van der Waals surface area (Å²) in [5.41, 5.74) is 1.32. The molecule has 0 aliphatic rings. The molecule has 28 heavy (non-hydrogen) atoms. The standard InChI is InChI=1S/C13H19O2.3C4H9.Sn/c1-5-11(3)8-7-9-12(4)10-13(14)15-6-2;3*1-3-4-2;/h1,5,7-9,12H,6,10H2,2-4H3;3*1,3-4H2,2H3;/b5-1?,9-7-,11-8-;;;;/t12-;;;;/m0..../s1. The fourth-order valence-electron chi connectivity index (χ4n) is 3.52. The summed E-state index contributed by atoms with van der Waals surface area (Å²) in [6, 6.07) is 0. The summed E-state index contributed by atoms with van der Waals surface area (Å²) in [6.07, 6.45) is 17.4. The zero-order chi connectivity index (χ0) is 21.3. The van der Waals surface area contributed by atoms with Crippen LogP contribution in [-0.2, 0) is 9.53 Å². The van der Waals surface area contributed by atoms with Crippen LogP contribution in [0.3, 0.4) is 0 Å².